The van der Waals surface area contributed by atoms with Crippen LogP contribution in [0.3, 0.4) is 0 Å². The molecule has 132 valence electrons. The Kier molecular flexibility index (Phi) is 6.12. The third kappa shape index (κ3) is 4.71. The monoisotopic (exact) mass is 349 g/mol. The first-order valence-corrected chi connectivity index (χ1v) is 8.02. The normalized spacial score (nSPS) is 10.9. The molecule has 26 heavy (non-hydrogen) atoms. The molecule has 0 radical (unpaired) electrons. The molecule has 2 aromatic carbocycles. The first-order valence-electron chi connectivity index (χ1n) is 8.02. The molecule has 0 heterocycles. The Labute approximate surface area is 151 Å². The topological polar surface area (TPSA) is 102 Å². The van der Waals surface area contributed by atoms with Gasteiger partial charge in [0.25, 0.3) is 5.91 Å². The first-order chi connectivity index (χ1) is 12.4. The van der Waals surface area contributed by atoms with Crippen LogP contribution in [0.15, 0.2) is 60.3 Å². The fraction of sp³-hybridized carbons (Fsp3) is 0.150. The minimum absolute atomic E-state index is 0.0503. The van der Waals surface area contributed by atoms with Crippen molar-refractivity contribution in [3.05, 3.63) is 71.4 Å². The predicted octanol–water partition coefficient (Wildman–Crippen LogP) is 3.97. The van der Waals surface area contributed by atoms with Crippen molar-refractivity contribution < 1.29 is 14.7 Å². The van der Waals surface area contributed by atoms with E-state index in [1.165, 1.54) is 24.4 Å². The van der Waals surface area contributed by atoms with Crippen molar-refractivity contribution in [2.45, 2.75) is 19.8 Å². The lowest BCUT2D eigenvalue weighted by atomic mass is 10.0. The number of carboxylic acids is 1. The van der Waals surface area contributed by atoms with Crippen molar-refractivity contribution in [3.8, 4) is 6.07 Å². The van der Waals surface area contributed by atoms with E-state index in [4.69, 9.17) is 5.11 Å². The molecular weight excluding hydrogens is 330 g/mol. The zero-order chi connectivity index (χ0) is 19.1. The van der Waals surface area contributed by atoms with E-state index in [-0.39, 0.29) is 17.1 Å². The van der Waals surface area contributed by atoms with E-state index in [9.17, 15) is 14.9 Å². The lowest BCUT2D eigenvalue weighted by molar-refractivity contribution is -0.112. The summed E-state index contributed by atoms with van der Waals surface area (Å²) in [5.74, 6) is -1.43. The summed E-state index contributed by atoms with van der Waals surface area (Å²) in [6.07, 6.45) is 1.34. The van der Waals surface area contributed by atoms with Crippen LogP contribution in [0.5, 0.6) is 0 Å². The van der Waals surface area contributed by atoms with Gasteiger partial charge in [-0.25, -0.2) is 4.79 Å². The number of nitrogens with one attached hydrogen (secondary N) is 2. The number of carbonyl (C=O) groups excluding carboxylic acids is 1. The van der Waals surface area contributed by atoms with Gasteiger partial charge in [0.15, 0.2) is 0 Å². The summed E-state index contributed by atoms with van der Waals surface area (Å²) in [5, 5.41) is 23.8. The quantitative estimate of drug-likeness (QED) is 0.541. The SMILES string of the molecule is CC(C)c1ccccc1N/C=C(/C#N)C(=O)Nc1cccc(C(=O)O)c1. The number of rotatable bonds is 6. The second-order valence-electron chi connectivity index (χ2n) is 5.90. The van der Waals surface area contributed by atoms with Crippen LogP contribution in [-0.4, -0.2) is 17.0 Å². The highest BCUT2D eigenvalue weighted by Gasteiger charge is 2.12. The van der Waals surface area contributed by atoms with E-state index in [2.05, 4.69) is 24.5 Å². The van der Waals surface area contributed by atoms with Crippen molar-refractivity contribution in [2.24, 2.45) is 0 Å². The second-order valence-corrected chi connectivity index (χ2v) is 5.90. The standard InChI is InChI=1S/C20H19N3O3/c1-13(2)17-8-3-4-9-18(17)22-12-15(11-21)19(24)23-16-7-5-6-14(10-16)20(25)26/h3-10,12-13,22H,1-2H3,(H,23,24)(H,25,26)/b15-12-. The summed E-state index contributed by atoms with van der Waals surface area (Å²) < 4.78 is 0. The van der Waals surface area contributed by atoms with Crippen LogP contribution >= 0.6 is 0 Å². The molecule has 0 aliphatic rings. The number of hydrogen-bond donors (Lipinski definition) is 3. The summed E-state index contributed by atoms with van der Waals surface area (Å²) in [4.78, 5) is 23.3. The van der Waals surface area contributed by atoms with Crippen LogP contribution in [0.1, 0.15) is 35.7 Å². The van der Waals surface area contributed by atoms with Crippen LogP contribution in [0.4, 0.5) is 11.4 Å². The third-order valence-electron chi connectivity index (χ3n) is 3.69. The molecule has 0 bridgehead atoms. The molecule has 6 nitrogen and oxygen atoms in total. The summed E-state index contributed by atoms with van der Waals surface area (Å²) in [7, 11) is 0. The number of nitrogens with zero attached hydrogens (tertiary/aromatic N) is 1. The minimum Gasteiger partial charge on any atom is -0.478 e. The molecule has 0 saturated heterocycles. The summed E-state index contributed by atoms with van der Waals surface area (Å²) in [6, 6.07) is 15.3. The third-order valence-corrected chi connectivity index (χ3v) is 3.69. The Morgan fingerprint density at radius 3 is 2.54 bits per heavy atom. The molecule has 0 atom stereocenters. The van der Waals surface area contributed by atoms with Crippen LogP contribution in [0.2, 0.25) is 0 Å². The second kappa shape index (κ2) is 8.49. The highest BCUT2D eigenvalue weighted by Crippen LogP contribution is 2.23. The highest BCUT2D eigenvalue weighted by atomic mass is 16.4. The Bertz CT molecular complexity index is 895. The van der Waals surface area contributed by atoms with Crippen molar-refractivity contribution >= 4 is 23.3 Å². The molecule has 2 aromatic rings. The van der Waals surface area contributed by atoms with E-state index in [1.807, 2.05) is 30.3 Å². The number of hydrogen-bond acceptors (Lipinski definition) is 4. The number of amides is 1. The molecule has 0 fully saturated rings. The minimum atomic E-state index is -1.09. The highest BCUT2D eigenvalue weighted by molar-refractivity contribution is 6.07. The van der Waals surface area contributed by atoms with Gasteiger partial charge in [-0.05, 0) is 35.7 Å². The van der Waals surface area contributed by atoms with Crippen molar-refractivity contribution in [3.63, 3.8) is 0 Å². The Morgan fingerprint density at radius 2 is 1.88 bits per heavy atom. The van der Waals surface area contributed by atoms with Gasteiger partial charge in [0, 0.05) is 17.6 Å². The number of anilines is 2. The summed E-state index contributed by atoms with van der Waals surface area (Å²) >= 11 is 0. The fourth-order valence-corrected chi connectivity index (χ4v) is 2.36. The average molecular weight is 349 g/mol. The van der Waals surface area contributed by atoms with Gasteiger partial charge >= 0.3 is 5.97 Å². The van der Waals surface area contributed by atoms with Crippen molar-refractivity contribution in [2.75, 3.05) is 10.6 Å². The van der Waals surface area contributed by atoms with E-state index < -0.39 is 11.9 Å². The maximum absolute atomic E-state index is 12.3. The Morgan fingerprint density at radius 1 is 1.15 bits per heavy atom. The van der Waals surface area contributed by atoms with Crippen LogP contribution < -0.4 is 10.6 Å². The maximum Gasteiger partial charge on any atom is 0.335 e. The number of carbonyl (C=O) groups is 2. The predicted molar refractivity (Wildman–Crippen MR) is 99.9 cm³/mol. The molecule has 1 amide bonds. The molecule has 3 N–H and O–H groups in total. The van der Waals surface area contributed by atoms with Crippen molar-refractivity contribution in [1.82, 2.24) is 0 Å². The van der Waals surface area contributed by atoms with E-state index in [0.717, 1.165) is 11.3 Å². The van der Waals surface area contributed by atoms with Gasteiger partial charge in [-0.2, -0.15) is 5.26 Å². The van der Waals surface area contributed by atoms with Gasteiger partial charge in [-0.15, -0.1) is 0 Å². The van der Waals surface area contributed by atoms with E-state index >= 15 is 0 Å². The van der Waals surface area contributed by atoms with Gasteiger partial charge in [-0.1, -0.05) is 38.1 Å². The van der Waals surface area contributed by atoms with E-state index in [0.29, 0.717) is 5.69 Å². The zero-order valence-electron chi connectivity index (χ0n) is 14.5. The smallest absolute Gasteiger partial charge is 0.335 e. The lowest BCUT2D eigenvalue weighted by Gasteiger charge is -2.12. The van der Waals surface area contributed by atoms with E-state index in [1.54, 1.807) is 6.07 Å². The zero-order valence-corrected chi connectivity index (χ0v) is 14.5. The van der Waals surface area contributed by atoms with Gasteiger partial charge in [-0.3, -0.25) is 4.79 Å². The van der Waals surface area contributed by atoms with Crippen LogP contribution in [0.25, 0.3) is 0 Å². The van der Waals surface area contributed by atoms with Gasteiger partial charge < -0.3 is 15.7 Å². The largest absolute Gasteiger partial charge is 0.478 e. The molecule has 0 aromatic heterocycles. The Balaban J connectivity index is 2.17. The molecule has 0 aliphatic carbocycles. The number of benzene rings is 2. The van der Waals surface area contributed by atoms with Crippen molar-refractivity contribution in [1.29, 1.82) is 5.26 Å². The van der Waals surface area contributed by atoms with Gasteiger partial charge in [0.1, 0.15) is 11.6 Å². The molecule has 0 aliphatic heterocycles. The molecular formula is C20H19N3O3. The Hall–Kier alpha value is -3.59. The van der Waals surface area contributed by atoms with Crippen LogP contribution in [0, 0.1) is 11.3 Å². The first kappa shape index (κ1) is 18.7. The molecule has 0 unspecified atom stereocenters. The number of nitriles is 1. The summed E-state index contributed by atoms with van der Waals surface area (Å²) in [6.45, 7) is 4.11. The number of carboxylic acid groups (broad SMARTS) is 1. The molecule has 6 heteroatoms. The summed E-state index contributed by atoms with van der Waals surface area (Å²) in [5.41, 5.74) is 2.11. The molecule has 0 saturated carbocycles. The van der Waals surface area contributed by atoms with Gasteiger partial charge in [0.2, 0.25) is 0 Å². The fourth-order valence-electron chi connectivity index (χ4n) is 2.36. The van der Waals surface area contributed by atoms with Crippen LogP contribution in [-0.2, 0) is 4.79 Å². The van der Waals surface area contributed by atoms with Gasteiger partial charge in [0.05, 0.1) is 5.56 Å². The molecule has 0 spiro atoms. The maximum atomic E-state index is 12.3. The lowest BCUT2D eigenvalue weighted by Crippen LogP contribution is -2.15. The number of aromatic carboxylic acids is 1. The average Bonchev–Trinajstić information content (AvgIpc) is 2.62. The number of para-hydroxylation sites is 1. The molecule has 2 rings (SSSR count).